The second kappa shape index (κ2) is 5.26. The quantitative estimate of drug-likeness (QED) is 0.802. The average Bonchev–Trinajstić information content (AvgIpc) is 2.33. The Morgan fingerprint density at radius 1 is 1.20 bits per heavy atom. The van der Waals surface area contributed by atoms with E-state index >= 15 is 0 Å². The molecule has 0 radical (unpaired) electrons. The van der Waals surface area contributed by atoms with E-state index in [1.54, 1.807) is 0 Å². The molecule has 1 fully saturated rings. The summed E-state index contributed by atoms with van der Waals surface area (Å²) in [7, 11) is 0. The summed E-state index contributed by atoms with van der Waals surface area (Å²) in [6.45, 7) is 4.28. The van der Waals surface area contributed by atoms with Crippen LogP contribution in [-0.2, 0) is 4.74 Å². The third-order valence-electron chi connectivity index (χ3n) is 2.89. The number of ether oxygens (including phenoxy) is 1. The van der Waals surface area contributed by atoms with Gasteiger partial charge in [-0.05, 0) is 5.56 Å². The summed E-state index contributed by atoms with van der Waals surface area (Å²) < 4.78 is 5.35. The molecule has 1 unspecified atom stereocenters. The summed E-state index contributed by atoms with van der Waals surface area (Å²) in [5.74, 6) is 0. The predicted octanol–water partition coefficient (Wildman–Crippen LogP) is 1.02. The van der Waals surface area contributed by atoms with E-state index in [0.29, 0.717) is 12.6 Å². The molecule has 1 saturated heterocycles. The molecule has 82 valence electrons. The number of benzene rings is 1. The van der Waals surface area contributed by atoms with Crippen LogP contribution >= 0.6 is 0 Å². The summed E-state index contributed by atoms with van der Waals surface area (Å²) in [5.41, 5.74) is 7.16. The van der Waals surface area contributed by atoms with Gasteiger partial charge in [0.1, 0.15) is 0 Å². The van der Waals surface area contributed by atoms with Crippen molar-refractivity contribution in [2.45, 2.75) is 6.04 Å². The SMILES string of the molecule is NCC(c1ccccc1)N1CCOCC1. The topological polar surface area (TPSA) is 38.5 Å². The van der Waals surface area contributed by atoms with Crippen LogP contribution in [0.1, 0.15) is 11.6 Å². The number of nitrogens with two attached hydrogens (primary N) is 1. The fourth-order valence-corrected chi connectivity index (χ4v) is 2.06. The first-order valence-corrected chi connectivity index (χ1v) is 5.48. The van der Waals surface area contributed by atoms with Crippen LogP contribution in [-0.4, -0.2) is 37.7 Å². The van der Waals surface area contributed by atoms with Gasteiger partial charge in [-0.15, -0.1) is 0 Å². The lowest BCUT2D eigenvalue weighted by molar-refractivity contribution is 0.0179. The van der Waals surface area contributed by atoms with Crippen molar-refractivity contribution in [2.75, 3.05) is 32.8 Å². The van der Waals surface area contributed by atoms with E-state index in [9.17, 15) is 0 Å². The second-order valence-electron chi connectivity index (χ2n) is 3.81. The minimum atomic E-state index is 0.343. The molecule has 2 rings (SSSR count). The average molecular weight is 206 g/mol. The molecule has 1 aliphatic heterocycles. The third-order valence-corrected chi connectivity index (χ3v) is 2.89. The molecule has 1 aromatic carbocycles. The first-order chi connectivity index (χ1) is 7.42. The highest BCUT2D eigenvalue weighted by Gasteiger charge is 2.20. The zero-order valence-corrected chi connectivity index (χ0v) is 8.93. The smallest absolute Gasteiger partial charge is 0.0594 e. The number of morpholine rings is 1. The summed E-state index contributed by atoms with van der Waals surface area (Å²) in [6, 6.07) is 10.8. The lowest BCUT2D eigenvalue weighted by Gasteiger charge is -2.34. The van der Waals surface area contributed by atoms with Crippen LogP contribution in [0.5, 0.6) is 0 Å². The standard InChI is InChI=1S/C12H18N2O/c13-10-12(11-4-2-1-3-5-11)14-6-8-15-9-7-14/h1-5,12H,6-10,13H2. The van der Waals surface area contributed by atoms with Crippen molar-refractivity contribution in [1.82, 2.24) is 4.90 Å². The van der Waals surface area contributed by atoms with Crippen molar-refractivity contribution in [2.24, 2.45) is 5.73 Å². The van der Waals surface area contributed by atoms with Crippen molar-refractivity contribution in [3.63, 3.8) is 0 Å². The van der Waals surface area contributed by atoms with E-state index in [2.05, 4.69) is 29.2 Å². The Morgan fingerprint density at radius 3 is 2.47 bits per heavy atom. The van der Waals surface area contributed by atoms with Gasteiger partial charge in [0.25, 0.3) is 0 Å². The van der Waals surface area contributed by atoms with Crippen LogP contribution in [0.15, 0.2) is 30.3 Å². The molecular weight excluding hydrogens is 188 g/mol. The number of nitrogens with zero attached hydrogens (tertiary/aromatic N) is 1. The van der Waals surface area contributed by atoms with Gasteiger partial charge in [0.15, 0.2) is 0 Å². The fourth-order valence-electron chi connectivity index (χ4n) is 2.06. The van der Waals surface area contributed by atoms with Gasteiger partial charge in [-0.25, -0.2) is 0 Å². The third kappa shape index (κ3) is 2.56. The van der Waals surface area contributed by atoms with Gasteiger partial charge < -0.3 is 10.5 Å². The number of hydrogen-bond donors (Lipinski definition) is 1. The van der Waals surface area contributed by atoms with Crippen LogP contribution in [0.3, 0.4) is 0 Å². The highest BCUT2D eigenvalue weighted by atomic mass is 16.5. The van der Waals surface area contributed by atoms with Crippen molar-refractivity contribution < 1.29 is 4.74 Å². The van der Waals surface area contributed by atoms with E-state index < -0.39 is 0 Å². The molecule has 0 aromatic heterocycles. The van der Waals surface area contributed by atoms with Gasteiger partial charge in [-0.1, -0.05) is 30.3 Å². The largest absolute Gasteiger partial charge is 0.379 e. The van der Waals surface area contributed by atoms with Crippen LogP contribution < -0.4 is 5.73 Å². The van der Waals surface area contributed by atoms with E-state index in [1.807, 2.05) is 6.07 Å². The maximum atomic E-state index is 5.85. The lowest BCUT2D eigenvalue weighted by Crippen LogP contribution is -2.41. The first kappa shape index (κ1) is 10.6. The molecule has 3 heteroatoms. The molecule has 0 spiro atoms. The Kier molecular flexibility index (Phi) is 3.72. The summed E-state index contributed by atoms with van der Waals surface area (Å²) in [4.78, 5) is 2.40. The Hall–Kier alpha value is -0.900. The van der Waals surface area contributed by atoms with Crippen LogP contribution in [0.2, 0.25) is 0 Å². The molecule has 1 heterocycles. The van der Waals surface area contributed by atoms with Crippen LogP contribution in [0, 0.1) is 0 Å². The van der Waals surface area contributed by atoms with Crippen molar-refractivity contribution >= 4 is 0 Å². The van der Waals surface area contributed by atoms with E-state index in [4.69, 9.17) is 10.5 Å². The molecule has 15 heavy (non-hydrogen) atoms. The molecule has 0 saturated carbocycles. The van der Waals surface area contributed by atoms with Crippen molar-refractivity contribution in [3.05, 3.63) is 35.9 Å². The minimum absolute atomic E-state index is 0.343. The maximum Gasteiger partial charge on any atom is 0.0594 e. The molecule has 3 nitrogen and oxygen atoms in total. The van der Waals surface area contributed by atoms with Gasteiger partial charge >= 0.3 is 0 Å². The number of rotatable bonds is 3. The van der Waals surface area contributed by atoms with Crippen LogP contribution in [0.25, 0.3) is 0 Å². The summed E-state index contributed by atoms with van der Waals surface area (Å²) in [6.07, 6.45) is 0. The molecule has 2 N–H and O–H groups in total. The van der Waals surface area contributed by atoms with E-state index in [1.165, 1.54) is 5.56 Å². The monoisotopic (exact) mass is 206 g/mol. The molecule has 1 atom stereocenters. The number of hydrogen-bond acceptors (Lipinski definition) is 3. The molecule has 0 amide bonds. The van der Waals surface area contributed by atoms with Crippen molar-refractivity contribution in [1.29, 1.82) is 0 Å². The van der Waals surface area contributed by atoms with Gasteiger partial charge in [0.05, 0.1) is 13.2 Å². The van der Waals surface area contributed by atoms with E-state index in [0.717, 1.165) is 26.3 Å². The fraction of sp³-hybridized carbons (Fsp3) is 0.500. The van der Waals surface area contributed by atoms with Gasteiger partial charge in [0, 0.05) is 25.7 Å². The highest BCUT2D eigenvalue weighted by molar-refractivity contribution is 5.19. The van der Waals surface area contributed by atoms with Gasteiger partial charge in [0.2, 0.25) is 0 Å². The van der Waals surface area contributed by atoms with Crippen molar-refractivity contribution in [3.8, 4) is 0 Å². The highest BCUT2D eigenvalue weighted by Crippen LogP contribution is 2.19. The lowest BCUT2D eigenvalue weighted by atomic mass is 10.1. The Balaban J connectivity index is 2.09. The molecule has 1 aliphatic rings. The van der Waals surface area contributed by atoms with Crippen LogP contribution in [0.4, 0.5) is 0 Å². The minimum Gasteiger partial charge on any atom is -0.379 e. The normalized spacial score (nSPS) is 20.1. The molecule has 0 bridgehead atoms. The molecular formula is C12H18N2O. The Bertz CT molecular complexity index is 283. The summed E-state index contributed by atoms with van der Waals surface area (Å²) in [5, 5.41) is 0. The van der Waals surface area contributed by atoms with Gasteiger partial charge in [-0.3, -0.25) is 4.90 Å². The second-order valence-corrected chi connectivity index (χ2v) is 3.81. The summed E-state index contributed by atoms with van der Waals surface area (Å²) >= 11 is 0. The molecule has 1 aromatic rings. The maximum absolute atomic E-state index is 5.85. The zero-order valence-electron chi connectivity index (χ0n) is 8.93. The van der Waals surface area contributed by atoms with E-state index in [-0.39, 0.29) is 0 Å². The first-order valence-electron chi connectivity index (χ1n) is 5.48. The molecule has 0 aliphatic carbocycles. The zero-order chi connectivity index (χ0) is 10.5. The Morgan fingerprint density at radius 2 is 1.87 bits per heavy atom. The van der Waals surface area contributed by atoms with Gasteiger partial charge in [-0.2, -0.15) is 0 Å². The Labute approximate surface area is 90.8 Å². The predicted molar refractivity (Wildman–Crippen MR) is 60.6 cm³/mol.